The number of hydrogen-bond donors (Lipinski definition) is 10. The molecule has 10 atom stereocenters. The predicted octanol–water partition coefficient (Wildman–Crippen LogP) is -0.457. The van der Waals surface area contributed by atoms with Gasteiger partial charge in [0.25, 0.3) is 0 Å². The summed E-state index contributed by atoms with van der Waals surface area (Å²) in [5.74, 6) is -2.57. The second kappa shape index (κ2) is 16.2. The fraction of sp³-hybridized carbons (Fsp3) is 0.351. The van der Waals surface area contributed by atoms with E-state index in [4.69, 9.17) is 28.1 Å². The number of methoxy groups -OCH3 is 1. The van der Waals surface area contributed by atoms with Crippen molar-refractivity contribution in [1.29, 1.82) is 0 Å². The van der Waals surface area contributed by atoms with Crippen molar-refractivity contribution >= 4 is 23.0 Å². The van der Waals surface area contributed by atoms with Crippen LogP contribution in [0.3, 0.4) is 0 Å². The molecule has 0 saturated carbocycles. The van der Waals surface area contributed by atoms with E-state index in [0.717, 1.165) is 18.2 Å². The molecule has 0 bridgehead atoms. The van der Waals surface area contributed by atoms with E-state index in [1.165, 1.54) is 55.7 Å². The van der Waals surface area contributed by atoms with Crippen LogP contribution in [0.2, 0.25) is 0 Å². The summed E-state index contributed by atoms with van der Waals surface area (Å²) >= 11 is 0. The molecule has 2 aliphatic heterocycles. The highest BCUT2D eigenvalue weighted by atomic mass is 16.7. The van der Waals surface area contributed by atoms with Gasteiger partial charge in [-0.05, 0) is 48.0 Å². The molecular weight excluding hydrogens is 732 g/mol. The van der Waals surface area contributed by atoms with E-state index in [1.54, 1.807) is 0 Å². The molecule has 0 spiro atoms. The molecule has 10 N–H and O–H groups in total. The van der Waals surface area contributed by atoms with Gasteiger partial charge in [0.2, 0.25) is 6.29 Å². The molecule has 1 aromatic heterocycles. The van der Waals surface area contributed by atoms with Crippen LogP contribution in [-0.2, 0) is 19.0 Å². The molecule has 2 saturated heterocycles. The summed E-state index contributed by atoms with van der Waals surface area (Å²) in [4.78, 5) is 26.4. The van der Waals surface area contributed by atoms with Gasteiger partial charge in [-0.2, -0.15) is 0 Å². The van der Waals surface area contributed by atoms with E-state index in [-0.39, 0.29) is 28.6 Å². The van der Waals surface area contributed by atoms with E-state index in [9.17, 15) is 60.7 Å². The van der Waals surface area contributed by atoms with Gasteiger partial charge in [0.05, 0.1) is 25.9 Å². The average Bonchev–Trinajstić information content (AvgIpc) is 3.17. The van der Waals surface area contributed by atoms with E-state index < -0.39 is 108 Å². The summed E-state index contributed by atoms with van der Waals surface area (Å²) in [7, 11) is 1.34. The standard InChI is InChI=1S/C37H38O18/c1-50-22-10-15(2-8-18(22)40)3-9-26(43)55-36-33(48)30(45)24(13-38)53-35(36)28-20(42)12-23-27(31(28)46)19(41)11-21(52-23)16-4-6-17(7-5-16)51-37-34(49)32(47)29(44)25(14-39)54-37/h2-12,24-25,29-30,32-40,42,44-49H,13-14H2,1H3/b9-3+/t24-,25+,29+,30+,32-,33-,34+,35-,36+,37+/m0/s1. The smallest absolute Gasteiger partial charge is 0.331 e. The van der Waals surface area contributed by atoms with Crippen LogP contribution in [0.5, 0.6) is 28.7 Å². The zero-order chi connectivity index (χ0) is 39.7. The normalized spacial score (nSPS) is 28.3. The van der Waals surface area contributed by atoms with Crippen molar-refractivity contribution < 1.29 is 84.0 Å². The molecule has 0 unspecified atom stereocenters. The molecule has 0 amide bonds. The Hall–Kier alpha value is -5.28. The largest absolute Gasteiger partial charge is 0.507 e. The summed E-state index contributed by atoms with van der Waals surface area (Å²) < 4.78 is 33.0. The van der Waals surface area contributed by atoms with Gasteiger partial charge in [-0.25, -0.2) is 4.79 Å². The number of aliphatic hydroxyl groups excluding tert-OH is 7. The number of hydrogen-bond acceptors (Lipinski definition) is 18. The fourth-order valence-electron chi connectivity index (χ4n) is 6.31. The highest BCUT2D eigenvalue weighted by Gasteiger charge is 2.49. The number of aromatic hydroxyl groups is 3. The Bertz CT molecular complexity index is 2090. The predicted molar refractivity (Wildman–Crippen MR) is 186 cm³/mol. The number of esters is 1. The van der Waals surface area contributed by atoms with E-state index >= 15 is 0 Å². The van der Waals surface area contributed by atoms with Crippen LogP contribution in [-0.4, -0.2) is 132 Å². The van der Waals surface area contributed by atoms with Crippen molar-refractivity contribution in [2.45, 2.75) is 61.2 Å². The topological polar surface area (TPSA) is 296 Å². The maximum Gasteiger partial charge on any atom is 0.331 e. The Morgan fingerprint density at radius 1 is 0.800 bits per heavy atom. The van der Waals surface area contributed by atoms with Crippen molar-refractivity contribution in [3.8, 4) is 40.1 Å². The van der Waals surface area contributed by atoms with Gasteiger partial charge in [0.1, 0.15) is 82.8 Å². The lowest BCUT2D eigenvalue weighted by atomic mass is 9.89. The Kier molecular flexibility index (Phi) is 11.6. The van der Waals surface area contributed by atoms with E-state index in [0.29, 0.717) is 11.1 Å². The molecule has 6 rings (SSSR count). The summed E-state index contributed by atoms with van der Waals surface area (Å²) in [6, 6.07) is 12.0. The fourth-order valence-corrected chi connectivity index (χ4v) is 6.31. The number of carbonyl (C=O) groups is 1. The van der Waals surface area contributed by atoms with Crippen molar-refractivity contribution in [3.63, 3.8) is 0 Å². The zero-order valence-corrected chi connectivity index (χ0v) is 28.8. The van der Waals surface area contributed by atoms with Gasteiger partial charge >= 0.3 is 5.97 Å². The molecule has 18 nitrogen and oxygen atoms in total. The highest BCUT2D eigenvalue weighted by molar-refractivity contribution is 5.89. The highest BCUT2D eigenvalue weighted by Crippen LogP contribution is 2.45. The molecular formula is C37H38O18. The van der Waals surface area contributed by atoms with Crippen molar-refractivity contribution in [1.82, 2.24) is 0 Å². The van der Waals surface area contributed by atoms with Crippen LogP contribution >= 0.6 is 0 Å². The quantitative estimate of drug-likeness (QED) is 0.0721. The number of ether oxygens (including phenoxy) is 5. The average molecular weight is 771 g/mol. The number of carbonyl (C=O) groups excluding carboxylic acids is 1. The van der Waals surface area contributed by atoms with Gasteiger partial charge in [-0.15, -0.1) is 0 Å². The number of fused-ring (bicyclic) bond motifs is 1. The minimum absolute atomic E-state index is 0.0268. The van der Waals surface area contributed by atoms with Crippen molar-refractivity contribution in [2.75, 3.05) is 20.3 Å². The van der Waals surface area contributed by atoms with Gasteiger partial charge in [0, 0.05) is 23.8 Å². The molecule has 18 heteroatoms. The minimum Gasteiger partial charge on any atom is -0.507 e. The first-order valence-electron chi connectivity index (χ1n) is 16.7. The first-order valence-corrected chi connectivity index (χ1v) is 16.7. The number of aliphatic hydroxyl groups is 7. The summed E-state index contributed by atoms with van der Waals surface area (Å²) in [6.07, 6.45) is -13.9. The zero-order valence-electron chi connectivity index (χ0n) is 28.8. The molecule has 2 fully saturated rings. The molecule has 0 radical (unpaired) electrons. The van der Waals surface area contributed by atoms with Crippen LogP contribution in [0.4, 0.5) is 0 Å². The second-order valence-corrected chi connectivity index (χ2v) is 12.8. The monoisotopic (exact) mass is 770 g/mol. The first kappa shape index (κ1) is 39.4. The van der Waals surface area contributed by atoms with Crippen LogP contribution in [0.15, 0.2) is 69.9 Å². The molecule has 294 valence electrons. The molecule has 2 aliphatic rings. The Balaban J connectivity index is 1.27. The Morgan fingerprint density at radius 3 is 2.15 bits per heavy atom. The van der Waals surface area contributed by atoms with E-state index in [2.05, 4.69) is 0 Å². The third-order valence-corrected chi connectivity index (χ3v) is 9.27. The van der Waals surface area contributed by atoms with Gasteiger partial charge in [-0.1, -0.05) is 6.07 Å². The van der Waals surface area contributed by atoms with Crippen LogP contribution < -0.4 is 14.9 Å². The van der Waals surface area contributed by atoms with Gasteiger partial charge in [-0.3, -0.25) is 4.79 Å². The minimum atomic E-state index is -1.91. The number of rotatable bonds is 10. The first-order chi connectivity index (χ1) is 26.3. The van der Waals surface area contributed by atoms with Crippen LogP contribution in [0.25, 0.3) is 28.4 Å². The van der Waals surface area contributed by atoms with E-state index in [1.807, 2.05) is 0 Å². The molecule has 3 aromatic carbocycles. The molecule has 3 heterocycles. The Morgan fingerprint density at radius 2 is 1.47 bits per heavy atom. The maximum atomic E-state index is 13.5. The number of phenols is 3. The lowest BCUT2D eigenvalue weighted by Gasteiger charge is -2.42. The summed E-state index contributed by atoms with van der Waals surface area (Å²) in [5, 5.41) is 103. The number of benzene rings is 3. The number of phenolic OH excluding ortho intramolecular Hbond substituents is 3. The second-order valence-electron chi connectivity index (χ2n) is 12.8. The molecule has 55 heavy (non-hydrogen) atoms. The third kappa shape index (κ3) is 7.81. The van der Waals surface area contributed by atoms with Gasteiger partial charge in [0.15, 0.2) is 23.0 Å². The Labute approximate surface area is 310 Å². The van der Waals surface area contributed by atoms with Gasteiger partial charge < -0.3 is 79.2 Å². The lowest BCUT2D eigenvalue weighted by Crippen LogP contribution is -2.60. The third-order valence-electron chi connectivity index (χ3n) is 9.27. The lowest BCUT2D eigenvalue weighted by molar-refractivity contribution is -0.277. The summed E-state index contributed by atoms with van der Waals surface area (Å²) in [5.41, 5.74) is -0.882. The van der Waals surface area contributed by atoms with Crippen molar-refractivity contribution in [3.05, 3.63) is 82.0 Å². The molecule has 4 aromatic rings. The SMILES string of the molecule is COc1cc(/C=C/C(=O)O[C@@H]2[C@@H](O)[C@H](O)[C@H](CO)O[C@H]2c2c(O)cc3oc(-c4ccc(O[C@@H]5O[C@H](CO)[C@@H](O)[C@H](O)[C@H]5O)cc4)cc(=O)c3c2O)ccc1O. The van der Waals surface area contributed by atoms with Crippen molar-refractivity contribution in [2.24, 2.45) is 0 Å². The maximum absolute atomic E-state index is 13.5. The van der Waals surface area contributed by atoms with Crippen LogP contribution in [0.1, 0.15) is 17.2 Å². The molecule has 0 aliphatic carbocycles. The summed E-state index contributed by atoms with van der Waals surface area (Å²) in [6.45, 7) is -1.48. The van der Waals surface area contributed by atoms with Crippen LogP contribution in [0, 0.1) is 0 Å².